The summed E-state index contributed by atoms with van der Waals surface area (Å²) in [4.78, 5) is 0. The second-order valence-corrected chi connectivity index (χ2v) is 4.98. The number of aryl methyl sites for hydroxylation is 1. The minimum absolute atomic E-state index is 0.840. The summed E-state index contributed by atoms with van der Waals surface area (Å²) < 4.78 is 5.35. The molecule has 100 valence electrons. The Balaban J connectivity index is 1.77. The van der Waals surface area contributed by atoms with Crippen molar-refractivity contribution in [3.63, 3.8) is 0 Å². The number of ether oxygens (including phenoxy) is 1. The third-order valence-electron chi connectivity index (χ3n) is 3.62. The lowest BCUT2D eigenvalue weighted by molar-refractivity contribution is 0.333. The highest BCUT2D eigenvalue weighted by atomic mass is 16.5. The van der Waals surface area contributed by atoms with Gasteiger partial charge in [0.05, 0.1) is 7.11 Å². The molecule has 0 atom stereocenters. The molecule has 1 heterocycles. The molecule has 2 N–H and O–H groups in total. The van der Waals surface area contributed by atoms with Crippen molar-refractivity contribution >= 4 is 0 Å². The van der Waals surface area contributed by atoms with Gasteiger partial charge in [-0.2, -0.15) is 0 Å². The van der Waals surface area contributed by atoms with Crippen molar-refractivity contribution in [1.82, 2.24) is 10.6 Å². The monoisotopic (exact) mass is 248 g/mol. The van der Waals surface area contributed by atoms with E-state index in [2.05, 4.69) is 35.8 Å². The fraction of sp³-hybridized carbons (Fsp3) is 0.600. The summed E-state index contributed by atoms with van der Waals surface area (Å²) in [6, 6.07) is 6.53. The quantitative estimate of drug-likeness (QED) is 0.719. The van der Waals surface area contributed by atoms with E-state index >= 15 is 0 Å². The lowest BCUT2D eigenvalue weighted by Crippen LogP contribution is -2.47. The van der Waals surface area contributed by atoms with Crippen molar-refractivity contribution in [3.8, 4) is 5.75 Å². The van der Waals surface area contributed by atoms with Crippen LogP contribution in [0.5, 0.6) is 5.75 Å². The molecule has 0 radical (unpaired) electrons. The van der Waals surface area contributed by atoms with Gasteiger partial charge in [0.1, 0.15) is 5.75 Å². The predicted octanol–water partition coefficient (Wildman–Crippen LogP) is 1.61. The first-order valence-electron chi connectivity index (χ1n) is 6.90. The van der Waals surface area contributed by atoms with Gasteiger partial charge >= 0.3 is 0 Å². The van der Waals surface area contributed by atoms with Gasteiger partial charge in [-0.3, -0.25) is 0 Å². The van der Waals surface area contributed by atoms with E-state index in [-0.39, 0.29) is 0 Å². The molecule has 1 saturated heterocycles. The first-order valence-corrected chi connectivity index (χ1v) is 6.90. The molecule has 1 aromatic rings. The Kier molecular flexibility index (Phi) is 5.02. The van der Waals surface area contributed by atoms with Crippen LogP contribution in [0.25, 0.3) is 0 Å². The maximum absolute atomic E-state index is 5.35. The summed E-state index contributed by atoms with van der Waals surface area (Å²) >= 11 is 0. The van der Waals surface area contributed by atoms with E-state index in [0.717, 1.165) is 37.6 Å². The van der Waals surface area contributed by atoms with Crippen molar-refractivity contribution in [3.05, 3.63) is 29.3 Å². The minimum atomic E-state index is 0.840. The standard InChI is InChI=1S/C15H24N2O/c1-3-14-8-12(4-5-15(14)18-2)6-7-16-9-13-10-17-11-13/h4-5,8,13,16-17H,3,6-7,9-11H2,1-2H3. The number of hydrogen-bond acceptors (Lipinski definition) is 3. The topological polar surface area (TPSA) is 33.3 Å². The zero-order valence-corrected chi connectivity index (χ0v) is 11.5. The molecule has 2 rings (SSSR count). The second kappa shape index (κ2) is 6.76. The SMILES string of the molecule is CCc1cc(CCNCC2CNC2)ccc1OC. The molecule has 1 aliphatic heterocycles. The molecule has 1 aromatic carbocycles. The van der Waals surface area contributed by atoms with Gasteiger partial charge in [0.15, 0.2) is 0 Å². The summed E-state index contributed by atoms with van der Waals surface area (Å²) in [5.74, 6) is 1.85. The number of nitrogens with one attached hydrogen (secondary N) is 2. The van der Waals surface area contributed by atoms with Crippen LogP contribution >= 0.6 is 0 Å². The summed E-state index contributed by atoms with van der Waals surface area (Å²) in [6.45, 7) is 6.73. The van der Waals surface area contributed by atoms with E-state index in [4.69, 9.17) is 4.74 Å². The van der Waals surface area contributed by atoms with Crippen LogP contribution in [0.4, 0.5) is 0 Å². The molecule has 0 saturated carbocycles. The number of hydrogen-bond donors (Lipinski definition) is 2. The summed E-state index contributed by atoms with van der Waals surface area (Å²) in [6.07, 6.45) is 2.12. The average Bonchev–Trinajstić information content (AvgIpc) is 2.36. The van der Waals surface area contributed by atoms with E-state index in [9.17, 15) is 0 Å². The molecule has 0 aromatic heterocycles. The highest BCUT2D eigenvalue weighted by molar-refractivity contribution is 5.37. The molecule has 1 aliphatic rings. The van der Waals surface area contributed by atoms with Gasteiger partial charge in [-0.1, -0.05) is 19.1 Å². The fourth-order valence-electron chi connectivity index (χ4n) is 2.30. The van der Waals surface area contributed by atoms with Gasteiger partial charge < -0.3 is 15.4 Å². The Morgan fingerprint density at radius 1 is 1.39 bits per heavy atom. The van der Waals surface area contributed by atoms with Crippen LogP contribution in [0.1, 0.15) is 18.1 Å². The first kappa shape index (κ1) is 13.4. The van der Waals surface area contributed by atoms with Crippen LogP contribution in [0.15, 0.2) is 18.2 Å². The van der Waals surface area contributed by atoms with Gasteiger partial charge in [0.2, 0.25) is 0 Å². The molecule has 0 spiro atoms. The minimum Gasteiger partial charge on any atom is -0.496 e. The van der Waals surface area contributed by atoms with Crippen molar-refractivity contribution in [1.29, 1.82) is 0 Å². The first-order chi connectivity index (χ1) is 8.83. The Morgan fingerprint density at radius 2 is 2.22 bits per heavy atom. The zero-order chi connectivity index (χ0) is 12.8. The van der Waals surface area contributed by atoms with Gasteiger partial charge in [-0.25, -0.2) is 0 Å². The van der Waals surface area contributed by atoms with Crippen LogP contribution in [0, 0.1) is 5.92 Å². The molecule has 18 heavy (non-hydrogen) atoms. The van der Waals surface area contributed by atoms with Crippen LogP contribution in [0.2, 0.25) is 0 Å². The largest absolute Gasteiger partial charge is 0.496 e. The van der Waals surface area contributed by atoms with Crippen LogP contribution in [-0.2, 0) is 12.8 Å². The molecule has 0 bridgehead atoms. The Labute approximate surface area is 110 Å². The van der Waals surface area contributed by atoms with Gasteiger partial charge in [0.25, 0.3) is 0 Å². The maximum Gasteiger partial charge on any atom is 0.122 e. The van der Waals surface area contributed by atoms with E-state index in [0.29, 0.717) is 0 Å². The molecule has 3 heteroatoms. The van der Waals surface area contributed by atoms with Gasteiger partial charge in [0, 0.05) is 19.6 Å². The Hall–Kier alpha value is -1.06. The molecule has 3 nitrogen and oxygen atoms in total. The normalized spacial score (nSPS) is 15.4. The van der Waals surface area contributed by atoms with Crippen molar-refractivity contribution in [2.75, 3.05) is 33.3 Å². The number of benzene rings is 1. The van der Waals surface area contributed by atoms with E-state index in [1.54, 1.807) is 7.11 Å². The fourth-order valence-corrected chi connectivity index (χ4v) is 2.30. The van der Waals surface area contributed by atoms with Crippen LogP contribution in [-0.4, -0.2) is 33.3 Å². The average molecular weight is 248 g/mol. The smallest absolute Gasteiger partial charge is 0.122 e. The van der Waals surface area contributed by atoms with Crippen molar-refractivity contribution in [2.45, 2.75) is 19.8 Å². The second-order valence-electron chi connectivity index (χ2n) is 4.98. The zero-order valence-electron chi connectivity index (χ0n) is 11.5. The van der Waals surface area contributed by atoms with E-state index < -0.39 is 0 Å². The van der Waals surface area contributed by atoms with Gasteiger partial charge in [-0.05, 0) is 42.5 Å². The summed E-state index contributed by atoms with van der Waals surface area (Å²) in [5.41, 5.74) is 2.70. The molecular formula is C15H24N2O. The van der Waals surface area contributed by atoms with Gasteiger partial charge in [-0.15, -0.1) is 0 Å². The Bertz CT molecular complexity index is 375. The lowest BCUT2D eigenvalue weighted by atomic mass is 10.0. The third kappa shape index (κ3) is 3.47. The van der Waals surface area contributed by atoms with Crippen LogP contribution < -0.4 is 15.4 Å². The highest BCUT2D eigenvalue weighted by Gasteiger charge is 2.15. The van der Waals surface area contributed by atoms with E-state index in [1.807, 2.05) is 0 Å². The molecule has 0 amide bonds. The van der Waals surface area contributed by atoms with Crippen molar-refractivity contribution in [2.24, 2.45) is 5.92 Å². The predicted molar refractivity (Wildman–Crippen MR) is 75.3 cm³/mol. The van der Waals surface area contributed by atoms with E-state index in [1.165, 1.54) is 24.2 Å². The van der Waals surface area contributed by atoms with Crippen LogP contribution in [0.3, 0.4) is 0 Å². The third-order valence-corrected chi connectivity index (χ3v) is 3.62. The summed E-state index contributed by atoms with van der Waals surface area (Å²) in [7, 11) is 1.74. The molecule has 1 fully saturated rings. The van der Waals surface area contributed by atoms with Crippen molar-refractivity contribution < 1.29 is 4.74 Å². The lowest BCUT2D eigenvalue weighted by Gasteiger charge is -2.27. The summed E-state index contributed by atoms with van der Waals surface area (Å²) in [5, 5.41) is 6.82. The number of rotatable bonds is 7. The molecular weight excluding hydrogens is 224 g/mol. The molecule has 0 unspecified atom stereocenters. The Morgan fingerprint density at radius 3 is 2.83 bits per heavy atom. The number of methoxy groups -OCH3 is 1. The maximum atomic E-state index is 5.35. The molecule has 0 aliphatic carbocycles. The highest BCUT2D eigenvalue weighted by Crippen LogP contribution is 2.20.